The Hall–Kier alpha value is -0.0900. The molecule has 1 aliphatic heterocycles. The number of ether oxygens (including phenoxy) is 2. The Morgan fingerprint density at radius 2 is 2.58 bits per heavy atom. The predicted octanol–water partition coefficient (Wildman–Crippen LogP) is 1.49. The fourth-order valence-corrected chi connectivity index (χ4v) is 1.20. The molecule has 3 nitrogen and oxygen atoms in total. The first-order valence-corrected chi connectivity index (χ1v) is 5.04. The average Bonchev–Trinajstić information content (AvgIpc) is 2.51. The highest BCUT2D eigenvalue weighted by molar-refractivity contribution is 9.10. The Labute approximate surface area is 80.5 Å². The summed E-state index contributed by atoms with van der Waals surface area (Å²) in [5.41, 5.74) is 0. The number of carbonyl (C=O) groups excluding carboxylic acids is 1. The number of alkyl halides is 1. The van der Waals surface area contributed by atoms with E-state index in [1.54, 1.807) is 6.92 Å². The first kappa shape index (κ1) is 9.99. The lowest BCUT2D eigenvalue weighted by Gasteiger charge is -2.10. The van der Waals surface area contributed by atoms with Crippen molar-refractivity contribution in [1.82, 2.24) is 0 Å². The van der Waals surface area contributed by atoms with Gasteiger partial charge >= 0.3 is 5.97 Å². The Morgan fingerprint density at radius 1 is 1.83 bits per heavy atom. The maximum absolute atomic E-state index is 11.0. The second-order valence-electron chi connectivity index (χ2n) is 2.88. The van der Waals surface area contributed by atoms with Crippen molar-refractivity contribution in [3.8, 4) is 0 Å². The number of hydrogen-bond acceptors (Lipinski definition) is 3. The number of rotatable bonds is 3. The van der Waals surface area contributed by atoms with Gasteiger partial charge in [0.15, 0.2) is 0 Å². The summed E-state index contributed by atoms with van der Waals surface area (Å²) in [4.78, 5) is 10.8. The molecule has 0 aromatic rings. The van der Waals surface area contributed by atoms with Gasteiger partial charge in [0.1, 0.15) is 11.4 Å². The molecule has 4 heteroatoms. The summed E-state index contributed by atoms with van der Waals surface area (Å²) in [6, 6.07) is 0. The van der Waals surface area contributed by atoms with Crippen molar-refractivity contribution in [1.29, 1.82) is 0 Å². The number of carbonyl (C=O) groups is 1. The van der Waals surface area contributed by atoms with Gasteiger partial charge in [-0.1, -0.05) is 15.9 Å². The van der Waals surface area contributed by atoms with Crippen LogP contribution in [0.4, 0.5) is 0 Å². The first-order valence-electron chi connectivity index (χ1n) is 4.12. The van der Waals surface area contributed by atoms with Crippen LogP contribution >= 0.6 is 15.9 Å². The van der Waals surface area contributed by atoms with E-state index in [2.05, 4.69) is 15.9 Å². The van der Waals surface area contributed by atoms with Gasteiger partial charge in [0, 0.05) is 6.61 Å². The summed E-state index contributed by atoms with van der Waals surface area (Å²) in [5, 5.41) is 0. The van der Waals surface area contributed by atoms with E-state index in [4.69, 9.17) is 9.47 Å². The van der Waals surface area contributed by atoms with Gasteiger partial charge in [-0.2, -0.15) is 0 Å². The van der Waals surface area contributed by atoms with E-state index >= 15 is 0 Å². The highest BCUT2D eigenvalue weighted by Gasteiger charge is 2.18. The number of esters is 1. The highest BCUT2D eigenvalue weighted by atomic mass is 79.9. The zero-order valence-electron chi connectivity index (χ0n) is 7.09. The minimum Gasteiger partial charge on any atom is -0.462 e. The van der Waals surface area contributed by atoms with Crippen LogP contribution in [-0.2, 0) is 14.3 Å². The third-order valence-corrected chi connectivity index (χ3v) is 2.13. The summed E-state index contributed by atoms with van der Waals surface area (Å²) in [7, 11) is 0. The molecule has 2 unspecified atom stereocenters. The topological polar surface area (TPSA) is 35.5 Å². The Bertz CT molecular complexity index is 152. The standard InChI is InChI=1S/C8H13BrO3/c1-6(9)8(10)12-5-7-3-2-4-11-7/h6-7H,2-5H2,1H3. The van der Waals surface area contributed by atoms with E-state index < -0.39 is 0 Å². The van der Waals surface area contributed by atoms with Crippen molar-refractivity contribution < 1.29 is 14.3 Å². The predicted molar refractivity (Wildman–Crippen MR) is 48.3 cm³/mol. The van der Waals surface area contributed by atoms with E-state index in [-0.39, 0.29) is 16.9 Å². The molecule has 1 heterocycles. The van der Waals surface area contributed by atoms with Crippen molar-refractivity contribution in [3.05, 3.63) is 0 Å². The molecule has 0 aromatic carbocycles. The third-order valence-electron chi connectivity index (χ3n) is 1.76. The molecule has 0 aromatic heterocycles. The minimum absolute atomic E-state index is 0.125. The van der Waals surface area contributed by atoms with Gasteiger partial charge in [0.2, 0.25) is 0 Å². The van der Waals surface area contributed by atoms with Gasteiger partial charge < -0.3 is 9.47 Å². The van der Waals surface area contributed by atoms with E-state index in [9.17, 15) is 4.79 Å². The van der Waals surface area contributed by atoms with Crippen molar-refractivity contribution in [2.24, 2.45) is 0 Å². The van der Waals surface area contributed by atoms with Crippen LogP contribution in [0, 0.1) is 0 Å². The van der Waals surface area contributed by atoms with Crippen molar-refractivity contribution in [2.75, 3.05) is 13.2 Å². The normalized spacial score (nSPS) is 25.3. The fraction of sp³-hybridized carbons (Fsp3) is 0.875. The number of halogens is 1. The van der Waals surface area contributed by atoms with Crippen LogP contribution in [0.2, 0.25) is 0 Å². The highest BCUT2D eigenvalue weighted by Crippen LogP contribution is 2.12. The lowest BCUT2D eigenvalue weighted by Crippen LogP contribution is -2.21. The number of hydrogen-bond donors (Lipinski definition) is 0. The van der Waals surface area contributed by atoms with Crippen molar-refractivity contribution in [3.63, 3.8) is 0 Å². The zero-order valence-corrected chi connectivity index (χ0v) is 8.67. The summed E-state index contributed by atoms with van der Waals surface area (Å²) in [6.45, 7) is 2.94. The van der Waals surface area contributed by atoms with Gasteiger partial charge in [-0.15, -0.1) is 0 Å². The fourth-order valence-electron chi connectivity index (χ4n) is 1.07. The molecule has 0 saturated carbocycles. The van der Waals surface area contributed by atoms with Crippen LogP contribution in [0.1, 0.15) is 19.8 Å². The lowest BCUT2D eigenvalue weighted by molar-refractivity contribution is -0.145. The van der Waals surface area contributed by atoms with E-state index in [1.807, 2.05) is 0 Å². The van der Waals surface area contributed by atoms with Gasteiger partial charge in [-0.05, 0) is 19.8 Å². The summed E-state index contributed by atoms with van der Waals surface area (Å²) >= 11 is 3.13. The third kappa shape index (κ3) is 3.11. The van der Waals surface area contributed by atoms with Crippen molar-refractivity contribution >= 4 is 21.9 Å². The molecular formula is C8H13BrO3. The molecule has 1 aliphatic rings. The molecule has 0 spiro atoms. The smallest absolute Gasteiger partial charge is 0.319 e. The van der Waals surface area contributed by atoms with Gasteiger partial charge in [0.25, 0.3) is 0 Å². The average molecular weight is 237 g/mol. The molecule has 0 N–H and O–H groups in total. The first-order chi connectivity index (χ1) is 5.70. The van der Waals surface area contributed by atoms with Crippen LogP contribution in [0.15, 0.2) is 0 Å². The Kier molecular flexibility index (Phi) is 4.01. The molecule has 2 atom stereocenters. The Balaban J connectivity index is 2.12. The summed E-state index contributed by atoms with van der Waals surface area (Å²) in [6.07, 6.45) is 2.20. The summed E-state index contributed by atoms with van der Waals surface area (Å²) in [5.74, 6) is -0.217. The van der Waals surface area contributed by atoms with Gasteiger partial charge in [0.05, 0.1) is 6.10 Å². The molecule has 1 rings (SSSR count). The Morgan fingerprint density at radius 3 is 3.08 bits per heavy atom. The van der Waals surface area contributed by atoms with Gasteiger partial charge in [-0.3, -0.25) is 4.79 Å². The lowest BCUT2D eigenvalue weighted by atomic mass is 10.2. The molecule has 0 bridgehead atoms. The quantitative estimate of drug-likeness (QED) is 0.551. The van der Waals surface area contributed by atoms with Crippen molar-refractivity contribution in [2.45, 2.75) is 30.7 Å². The van der Waals surface area contributed by atoms with E-state index in [1.165, 1.54) is 0 Å². The van der Waals surface area contributed by atoms with E-state index in [0.717, 1.165) is 19.4 Å². The van der Waals surface area contributed by atoms with Crippen LogP contribution in [-0.4, -0.2) is 30.1 Å². The van der Waals surface area contributed by atoms with Crippen LogP contribution < -0.4 is 0 Å². The second-order valence-corrected chi connectivity index (χ2v) is 4.25. The second kappa shape index (κ2) is 4.82. The maximum atomic E-state index is 11.0. The van der Waals surface area contributed by atoms with Gasteiger partial charge in [-0.25, -0.2) is 0 Å². The van der Waals surface area contributed by atoms with Crippen LogP contribution in [0.5, 0.6) is 0 Å². The zero-order chi connectivity index (χ0) is 8.97. The minimum atomic E-state index is -0.223. The van der Waals surface area contributed by atoms with Crippen LogP contribution in [0.3, 0.4) is 0 Å². The molecular weight excluding hydrogens is 224 g/mol. The van der Waals surface area contributed by atoms with E-state index in [0.29, 0.717) is 6.61 Å². The molecule has 12 heavy (non-hydrogen) atoms. The molecule has 0 aliphatic carbocycles. The molecule has 0 radical (unpaired) electrons. The monoisotopic (exact) mass is 236 g/mol. The molecule has 1 saturated heterocycles. The molecule has 70 valence electrons. The maximum Gasteiger partial charge on any atom is 0.319 e. The van der Waals surface area contributed by atoms with Crippen LogP contribution in [0.25, 0.3) is 0 Å². The largest absolute Gasteiger partial charge is 0.462 e. The molecule has 1 fully saturated rings. The molecule has 0 amide bonds. The SMILES string of the molecule is CC(Br)C(=O)OCC1CCCO1. The summed E-state index contributed by atoms with van der Waals surface area (Å²) < 4.78 is 10.3.